The topological polar surface area (TPSA) is 128 Å². The van der Waals surface area contributed by atoms with Crippen molar-refractivity contribution in [1.29, 1.82) is 0 Å². The first-order valence-corrected chi connectivity index (χ1v) is 7.96. The summed E-state index contributed by atoms with van der Waals surface area (Å²) < 4.78 is 9.58. The van der Waals surface area contributed by atoms with Gasteiger partial charge < -0.3 is 14.8 Å². The van der Waals surface area contributed by atoms with Crippen LogP contribution in [-0.2, 0) is 14.3 Å². The van der Waals surface area contributed by atoms with Crippen molar-refractivity contribution in [3.63, 3.8) is 0 Å². The Morgan fingerprint density at radius 2 is 1.75 bits per heavy atom. The van der Waals surface area contributed by atoms with Gasteiger partial charge >= 0.3 is 12.1 Å². The number of esters is 1. The smallest absolute Gasteiger partial charge is 0.413 e. The number of para-hydroxylation sites is 3. The molecule has 10 heteroatoms. The van der Waals surface area contributed by atoms with Crippen LogP contribution in [0, 0.1) is 10.1 Å². The van der Waals surface area contributed by atoms with Crippen molar-refractivity contribution >= 4 is 35.0 Å². The van der Waals surface area contributed by atoms with Gasteiger partial charge in [-0.3, -0.25) is 19.8 Å². The minimum Gasteiger partial charge on any atom is -0.452 e. The Morgan fingerprint density at radius 3 is 2.43 bits per heavy atom. The molecule has 0 heterocycles. The third-order valence-corrected chi connectivity index (χ3v) is 3.64. The van der Waals surface area contributed by atoms with Gasteiger partial charge in [0.1, 0.15) is 5.69 Å². The first-order chi connectivity index (χ1) is 13.3. The third kappa shape index (κ3) is 4.81. The van der Waals surface area contributed by atoms with E-state index < -0.39 is 29.5 Å². The van der Waals surface area contributed by atoms with Crippen molar-refractivity contribution in [3.8, 4) is 0 Å². The molecule has 0 aliphatic rings. The monoisotopic (exact) mass is 387 g/mol. The molecule has 2 aromatic carbocycles. The summed E-state index contributed by atoms with van der Waals surface area (Å²) in [5.41, 5.74) is -0.0149. The zero-order chi connectivity index (χ0) is 20.7. The molecule has 2 rings (SSSR count). The largest absolute Gasteiger partial charge is 0.452 e. The molecule has 0 saturated heterocycles. The van der Waals surface area contributed by atoms with Gasteiger partial charge in [0.05, 0.1) is 23.3 Å². The summed E-state index contributed by atoms with van der Waals surface area (Å²) in [6, 6.07) is 11.7. The number of methoxy groups -OCH3 is 1. The number of ether oxygens (including phenoxy) is 2. The number of benzene rings is 2. The molecule has 0 radical (unpaired) electrons. The molecule has 0 aliphatic heterocycles. The van der Waals surface area contributed by atoms with E-state index in [1.54, 1.807) is 12.1 Å². The van der Waals surface area contributed by atoms with Crippen molar-refractivity contribution in [1.82, 2.24) is 0 Å². The number of anilines is 2. The van der Waals surface area contributed by atoms with Crippen LogP contribution in [0.5, 0.6) is 0 Å². The third-order valence-electron chi connectivity index (χ3n) is 3.64. The van der Waals surface area contributed by atoms with Crippen LogP contribution < -0.4 is 10.2 Å². The number of nitrogens with one attached hydrogen (secondary N) is 1. The maximum atomic E-state index is 12.3. The van der Waals surface area contributed by atoms with E-state index >= 15 is 0 Å². The van der Waals surface area contributed by atoms with Gasteiger partial charge in [0.25, 0.3) is 11.6 Å². The fraction of sp³-hybridized carbons (Fsp3) is 0.167. The van der Waals surface area contributed by atoms with Crippen LogP contribution in [0.25, 0.3) is 0 Å². The van der Waals surface area contributed by atoms with E-state index in [9.17, 15) is 24.5 Å². The average molecular weight is 387 g/mol. The number of hydrogen-bond donors (Lipinski definition) is 1. The van der Waals surface area contributed by atoms with E-state index in [2.05, 4.69) is 10.1 Å². The fourth-order valence-corrected chi connectivity index (χ4v) is 2.31. The number of rotatable bonds is 6. The Kier molecular flexibility index (Phi) is 6.63. The zero-order valence-corrected chi connectivity index (χ0v) is 15.1. The molecule has 1 N–H and O–H groups in total. The highest BCUT2D eigenvalue weighted by atomic mass is 16.6. The lowest BCUT2D eigenvalue weighted by Crippen LogP contribution is -2.28. The molecule has 0 atom stereocenters. The number of carbonyl (C=O) groups is 3. The lowest BCUT2D eigenvalue weighted by molar-refractivity contribution is -0.383. The van der Waals surface area contributed by atoms with Crippen molar-refractivity contribution in [3.05, 3.63) is 64.2 Å². The van der Waals surface area contributed by atoms with Crippen LogP contribution in [0.3, 0.4) is 0 Å². The first kappa shape index (κ1) is 20.4. The normalized spacial score (nSPS) is 9.93. The second kappa shape index (κ2) is 9.12. The van der Waals surface area contributed by atoms with Gasteiger partial charge in [-0.2, -0.15) is 0 Å². The lowest BCUT2D eigenvalue weighted by atomic mass is 10.1. The van der Waals surface area contributed by atoms with Gasteiger partial charge in [0.15, 0.2) is 6.61 Å². The van der Waals surface area contributed by atoms with Gasteiger partial charge in [0.2, 0.25) is 0 Å². The van der Waals surface area contributed by atoms with Gasteiger partial charge in [-0.25, -0.2) is 9.59 Å². The Morgan fingerprint density at radius 1 is 1.11 bits per heavy atom. The quantitative estimate of drug-likeness (QED) is 0.458. The first-order valence-electron chi connectivity index (χ1n) is 7.96. The SMILES string of the molecule is COC(=O)N(C)c1ccccc1C(=O)OCC(=O)Nc1ccccc1[N+](=O)[O-]. The van der Waals surface area contributed by atoms with Crippen LogP contribution >= 0.6 is 0 Å². The molecule has 0 fully saturated rings. The fourth-order valence-electron chi connectivity index (χ4n) is 2.31. The zero-order valence-electron chi connectivity index (χ0n) is 15.1. The predicted molar refractivity (Wildman–Crippen MR) is 99.3 cm³/mol. The summed E-state index contributed by atoms with van der Waals surface area (Å²) in [6.45, 7) is -0.666. The molecule has 2 amide bonds. The Hall–Kier alpha value is -3.95. The van der Waals surface area contributed by atoms with E-state index in [4.69, 9.17) is 4.74 Å². The standard InChI is InChI=1S/C18H17N3O7/c1-20(18(24)27-2)14-9-5-3-7-12(14)17(23)28-11-16(22)19-13-8-4-6-10-15(13)21(25)26/h3-10H,11H2,1-2H3,(H,19,22). The molecule has 0 unspecified atom stereocenters. The molecule has 2 aromatic rings. The molecule has 0 spiro atoms. The number of nitro groups is 1. The molecular weight excluding hydrogens is 370 g/mol. The predicted octanol–water partition coefficient (Wildman–Crippen LogP) is 2.59. The van der Waals surface area contributed by atoms with Crippen LogP contribution in [0.2, 0.25) is 0 Å². The van der Waals surface area contributed by atoms with Crippen LogP contribution in [0.1, 0.15) is 10.4 Å². The van der Waals surface area contributed by atoms with Crippen molar-refractivity contribution < 1.29 is 28.8 Å². The number of nitrogens with zero attached hydrogens (tertiary/aromatic N) is 2. The second-order valence-electron chi connectivity index (χ2n) is 5.44. The van der Waals surface area contributed by atoms with E-state index in [-0.39, 0.29) is 22.6 Å². The highest BCUT2D eigenvalue weighted by Gasteiger charge is 2.21. The van der Waals surface area contributed by atoms with Gasteiger partial charge in [-0.05, 0) is 18.2 Å². The maximum absolute atomic E-state index is 12.3. The molecular formula is C18H17N3O7. The molecule has 28 heavy (non-hydrogen) atoms. The summed E-state index contributed by atoms with van der Waals surface area (Å²) in [7, 11) is 2.62. The number of nitro benzene ring substituents is 1. The van der Waals surface area contributed by atoms with Crippen molar-refractivity contribution in [2.75, 3.05) is 31.0 Å². The summed E-state index contributed by atoms with van der Waals surface area (Å²) in [4.78, 5) is 47.4. The average Bonchev–Trinajstić information content (AvgIpc) is 2.71. The molecule has 0 saturated carbocycles. The highest BCUT2D eigenvalue weighted by molar-refractivity contribution is 6.02. The van der Waals surface area contributed by atoms with E-state index in [0.29, 0.717) is 0 Å². The van der Waals surface area contributed by atoms with Gasteiger partial charge in [-0.15, -0.1) is 0 Å². The Bertz CT molecular complexity index is 914. The van der Waals surface area contributed by atoms with Crippen LogP contribution in [-0.4, -0.2) is 43.7 Å². The van der Waals surface area contributed by atoms with Crippen LogP contribution in [0.4, 0.5) is 21.9 Å². The Balaban J connectivity index is 2.06. The molecule has 146 valence electrons. The second-order valence-corrected chi connectivity index (χ2v) is 5.44. The van der Waals surface area contributed by atoms with Crippen LogP contribution in [0.15, 0.2) is 48.5 Å². The minimum absolute atomic E-state index is 0.0145. The maximum Gasteiger partial charge on any atom is 0.413 e. The minimum atomic E-state index is -0.843. The Labute approximate surface area is 159 Å². The summed E-state index contributed by atoms with van der Waals surface area (Å²) in [5.74, 6) is -1.59. The molecule has 0 aliphatic carbocycles. The van der Waals surface area contributed by atoms with E-state index in [0.717, 1.165) is 4.90 Å². The summed E-state index contributed by atoms with van der Waals surface area (Å²) in [5, 5.41) is 13.3. The van der Waals surface area contributed by atoms with E-state index in [1.165, 1.54) is 50.6 Å². The molecule has 0 aromatic heterocycles. The molecule has 0 bridgehead atoms. The highest BCUT2D eigenvalue weighted by Crippen LogP contribution is 2.23. The molecule has 10 nitrogen and oxygen atoms in total. The number of hydrogen-bond acceptors (Lipinski definition) is 7. The summed E-state index contributed by atoms with van der Waals surface area (Å²) in [6.07, 6.45) is -0.686. The van der Waals surface area contributed by atoms with Gasteiger partial charge in [0, 0.05) is 13.1 Å². The number of carbonyl (C=O) groups excluding carboxylic acids is 3. The van der Waals surface area contributed by atoms with Crippen molar-refractivity contribution in [2.24, 2.45) is 0 Å². The summed E-state index contributed by atoms with van der Waals surface area (Å²) >= 11 is 0. The van der Waals surface area contributed by atoms with Crippen molar-refractivity contribution in [2.45, 2.75) is 0 Å². The lowest BCUT2D eigenvalue weighted by Gasteiger charge is -2.18. The number of amides is 2. The van der Waals surface area contributed by atoms with Gasteiger partial charge in [-0.1, -0.05) is 24.3 Å². The van der Waals surface area contributed by atoms with E-state index in [1.807, 2.05) is 0 Å².